The lowest BCUT2D eigenvalue weighted by atomic mass is 10.0. The van der Waals surface area contributed by atoms with Crippen molar-refractivity contribution in [3.8, 4) is 0 Å². The molecule has 0 saturated carbocycles. The molecule has 0 aliphatic carbocycles. The minimum atomic E-state index is -5.25. The number of carbonyl (C=O) groups is 2. The van der Waals surface area contributed by atoms with E-state index in [1.165, 1.54) is 0 Å². The third-order valence-electron chi connectivity index (χ3n) is 2.22. The van der Waals surface area contributed by atoms with Crippen molar-refractivity contribution in [1.29, 1.82) is 0 Å². The van der Waals surface area contributed by atoms with Crippen LogP contribution in [0, 0.1) is 0 Å². The Morgan fingerprint density at radius 1 is 1.17 bits per heavy atom. The molecule has 0 fully saturated rings. The second-order valence-corrected chi connectivity index (χ2v) is 6.26. The topological polar surface area (TPSA) is 214 Å². The molecule has 13 nitrogen and oxygen atoms in total. The van der Waals surface area contributed by atoms with E-state index in [0.717, 1.165) is 6.92 Å². The maximum Gasteiger partial charge on any atom is 0.397 e. The number of hydrogen-bond acceptors (Lipinski definition) is 10. The van der Waals surface area contributed by atoms with Crippen LogP contribution in [0.5, 0.6) is 0 Å². The van der Waals surface area contributed by atoms with Gasteiger partial charge in [0, 0.05) is 6.92 Å². The molecule has 0 aliphatic rings. The Balaban J connectivity index is 5.33. The van der Waals surface area contributed by atoms with Gasteiger partial charge in [-0.25, -0.2) is 8.37 Å². The normalized spacial score (nSPS) is 17.8. The molecule has 136 valence electrons. The molecule has 0 bridgehead atoms. The van der Waals surface area contributed by atoms with Gasteiger partial charge in [-0.2, -0.15) is 16.8 Å². The first kappa shape index (κ1) is 21.8. The summed E-state index contributed by atoms with van der Waals surface area (Å²) in [5, 5.41) is 21.3. The van der Waals surface area contributed by atoms with Gasteiger partial charge in [0.1, 0.15) is 30.6 Å². The van der Waals surface area contributed by atoms with E-state index in [1.54, 1.807) is 0 Å². The fourth-order valence-electron chi connectivity index (χ4n) is 1.38. The molecule has 4 unspecified atom stereocenters. The van der Waals surface area contributed by atoms with E-state index in [1.807, 2.05) is 5.32 Å². The third-order valence-corrected chi connectivity index (χ3v) is 3.12. The van der Waals surface area contributed by atoms with Gasteiger partial charge in [0.2, 0.25) is 5.91 Å². The average molecular weight is 381 g/mol. The average Bonchev–Trinajstić information content (AvgIpc) is 2.36. The summed E-state index contributed by atoms with van der Waals surface area (Å²) in [5.74, 6) is -0.810. The summed E-state index contributed by atoms with van der Waals surface area (Å²) >= 11 is 0. The molecule has 15 heteroatoms. The van der Waals surface area contributed by atoms with Gasteiger partial charge in [-0.05, 0) is 0 Å². The molecule has 0 aromatic rings. The van der Waals surface area contributed by atoms with E-state index in [4.69, 9.17) is 9.11 Å². The van der Waals surface area contributed by atoms with Crippen LogP contribution in [0.3, 0.4) is 0 Å². The van der Waals surface area contributed by atoms with Gasteiger partial charge >= 0.3 is 20.8 Å². The molecule has 4 atom stereocenters. The molecule has 1 amide bonds. The zero-order chi connectivity index (χ0) is 18.4. The smallest absolute Gasteiger partial charge is 0.388 e. The van der Waals surface area contributed by atoms with Gasteiger partial charge in [0.15, 0.2) is 0 Å². The van der Waals surface area contributed by atoms with E-state index in [9.17, 15) is 36.6 Å². The van der Waals surface area contributed by atoms with Crippen LogP contribution in [0.15, 0.2) is 0 Å². The lowest BCUT2D eigenvalue weighted by molar-refractivity contribution is -0.128. The summed E-state index contributed by atoms with van der Waals surface area (Å²) in [7, 11) is -10.3. The number of aldehydes is 1. The number of rotatable bonds is 10. The van der Waals surface area contributed by atoms with Crippen molar-refractivity contribution in [2.45, 2.75) is 31.3 Å². The minimum Gasteiger partial charge on any atom is -0.388 e. The van der Waals surface area contributed by atoms with E-state index >= 15 is 0 Å². The molecule has 0 saturated heterocycles. The molecular formula is C8H15NO12S2. The van der Waals surface area contributed by atoms with Gasteiger partial charge in [0.05, 0.1) is 6.61 Å². The predicted molar refractivity (Wildman–Crippen MR) is 69.6 cm³/mol. The zero-order valence-corrected chi connectivity index (χ0v) is 13.1. The summed E-state index contributed by atoms with van der Waals surface area (Å²) in [5.41, 5.74) is 0. The molecule has 23 heavy (non-hydrogen) atoms. The first-order chi connectivity index (χ1) is 10.3. The lowest BCUT2D eigenvalue weighted by Crippen LogP contribution is -2.54. The summed E-state index contributed by atoms with van der Waals surface area (Å²) in [6.07, 6.45) is -6.81. The van der Waals surface area contributed by atoms with Crippen molar-refractivity contribution >= 4 is 33.0 Å². The van der Waals surface area contributed by atoms with Crippen molar-refractivity contribution in [3.05, 3.63) is 0 Å². The van der Waals surface area contributed by atoms with Crippen molar-refractivity contribution in [3.63, 3.8) is 0 Å². The highest BCUT2D eigenvalue weighted by Crippen LogP contribution is 2.13. The largest absolute Gasteiger partial charge is 0.397 e. The fraction of sp³-hybridized carbons (Fsp3) is 0.750. The summed E-state index contributed by atoms with van der Waals surface area (Å²) in [6, 6.07) is -1.76. The predicted octanol–water partition coefficient (Wildman–Crippen LogP) is -3.58. The Kier molecular flexibility index (Phi) is 8.15. The van der Waals surface area contributed by atoms with Crippen LogP contribution < -0.4 is 5.32 Å². The van der Waals surface area contributed by atoms with Crippen molar-refractivity contribution < 1.29 is 54.1 Å². The molecule has 0 rings (SSSR count). The van der Waals surface area contributed by atoms with Crippen LogP contribution in [0.1, 0.15) is 6.92 Å². The molecular weight excluding hydrogens is 366 g/mol. The summed E-state index contributed by atoms with van der Waals surface area (Å²) in [4.78, 5) is 21.7. The molecule has 0 aromatic carbocycles. The molecule has 5 N–H and O–H groups in total. The van der Waals surface area contributed by atoms with Crippen molar-refractivity contribution in [2.75, 3.05) is 6.61 Å². The molecule has 0 aliphatic heterocycles. The highest BCUT2D eigenvalue weighted by Gasteiger charge is 2.38. The Morgan fingerprint density at radius 2 is 1.70 bits per heavy atom. The second-order valence-electron chi connectivity index (χ2n) is 4.12. The van der Waals surface area contributed by atoms with Gasteiger partial charge in [-0.15, -0.1) is 0 Å². The molecule has 0 radical (unpaired) electrons. The highest BCUT2D eigenvalue weighted by atomic mass is 32.3. The SMILES string of the molecule is CC(=O)NC(C=O)C(O)C(OS(=O)(=O)O)C(O)COS(=O)(=O)O. The van der Waals surface area contributed by atoms with Crippen LogP contribution in [-0.2, 0) is 38.8 Å². The summed E-state index contributed by atoms with van der Waals surface area (Å²) in [6.45, 7) is -0.332. The van der Waals surface area contributed by atoms with E-state index in [0.29, 0.717) is 0 Å². The molecule has 0 aromatic heterocycles. The first-order valence-electron chi connectivity index (χ1n) is 5.63. The van der Waals surface area contributed by atoms with Crippen LogP contribution >= 0.6 is 0 Å². The number of nitrogens with one attached hydrogen (secondary N) is 1. The number of aliphatic hydroxyl groups is 2. The molecule has 0 spiro atoms. The Labute approximate surface area is 131 Å². The maximum atomic E-state index is 10.9. The van der Waals surface area contributed by atoms with Gasteiger partial charge in [-0.3, -0.25) is 13.9 Å². The van der Waals surface area contributed by atoms with Crippen molar-refractivity contribution in [2.24, 2.45) is 0 Å². The minimum absolute atomic E-state index is 0.0250. The first-order valence-corrected chi connectivity index (χ1v) is 8.36. The van der Waals surface area contributed by atoms with E-state index in [-0.39, 0.29) is 6.29 Å². The lowest BCUT2D eigenvalue weighted by Gasteiger charge is -2.28. The van der Waals surface area contributed by atoms with E-state index in [2.05, 4.69) is 8.37 Å². The zero-order valence-electron chi connectivity index (χ0n) is 11.5. The molecule has 0 heterocycles. The van der Waals surface area contributed by atoms with Crippen LogP contribution in [0.25, 0.3) is 0 Å². The number of aliphatic hydroxyl groups excluding tert-OH is 2. The van der Waals surface area contributed by atoms with Crippen LogP contribution in [0.4, 0.5) is 0 Å². The Hall–Kier alpha value is -1.20. The third kappa shape index (κ3) is 9.51. The van der Waals surface area contributed by atoms with Crippen molar-refractivity contribution in [1.82, 2.24) is 5.32 Å². The Morgan fingerprint density at radius 3 is 2.04 bits per heavy atom. The van der Waals surface area contributed by atoms with Gasteiger partial charge < -0.3 is 20.3 Å². The van der Waals surface area contributed by atoms with Gasteiger partial charge in [-0.1, -0.05) is 0 Å². The van der Waals surface area contributed by atoms with Gasteiger partial charge in [0.25, 0.3) is 0 Å². The number of carbonyl (C=O) groups excluding carboxylic acids is 2. The quantitative estimate of drug-likeness (QED) is 0.183. The standard InChI is InChI=1S/C8H15NO12S2/c1-4(11)9-5(2-10)7(13)8(21-23(17,18)19)6(12)3-20-22(14,15)16/h2,5-8,12-13H,3H2,1H3,(H,9,11)(H,14,15,16)(H,17,18,19). The fourth-order valence-corrected chi connectivity index (χ4v) is 2.21. The van der Waals surface area contributed by atoms with E-state index < -0.39 is 57.7 Å². The van der Waals surface area contributed by atoms with Crippen LogP contribution in [0.2, 0.25) is 0 Å². The maximum absolute atomic E-state index is 10.9. The number of hydrogen-bond donors (Lipinski definition) is 5. The Bertz CT molecular complexity index is 613. The van der Waals surface area contributed by atoms with Crippen LogP contribution in [-0.4, -0.2) is 79.3 Å². The highest BCUT2D eigenvalue weighted by molar-refractivity contribution is 7.81. The summed E-state index contributed by atoms with van der Waals surface area (Å²) < 4.78 is 66.9. The number of amides is 1. The monoisotopic (exact) mass is 381 g/mol. The second kappa shape index (κ2) is 8.60.